The first-order valence-corrected chi connectivity index (χ1v) is 5.69. The molecule has 0 unspecified atom stereocenters. The number of hydrogen-bond donors (Lipinski definition) is 0. The van der Waals surface area contributed by atoms with Crippen LogP contribution in [0.15, 0.2) is 30.3 Å². The van der Waals surface area contributed by atoms with E-state index in [9.17, 15) is 19.5 Å². The molecule has 94 valence electrons. The van der Waals surface area contributed by atoms with Crippen molar-refractivity contribution < 1.29 is 19.5 Å². The Labute approximate surface area is 104 Å². The number of carboxylic acids is 1. The van der Waals surface area contributed by atoms with E-state index in [0.717, 1.165) is 10.5 Å². The molecule has 1 aromatic carbocycles. The van der Waals surface area contributed by atoms with E-state index in [4.69, 9.17) is 0 Å². The predicted octanol–water partition coefficient (Wildman–Crippen LogP) is -0.503. The quantitative estimate of drug-likeness (QED) is 0.671. The Bertz CT molecular complexity index is 467. The summed E-state index contributed by atoms with van der Waals surface area (Å²) in [4.78, 5) is 35.0. The van der Waals surface area contributed by atoms with E-state index in [0.29, 0.717) is 0 Å². The molecule has 18 heavy (non-hydrogen) atoms. The molecule has 1 aliphatic rings. The van der Waals surface area contributed by atoms with Crippen LogP contribution >= 0.6 is 0 Å². The van der Waals surface area contributed by atoms with Crippen LogP contribution in [-0.4, -0.2) is 28.7 Å². The Morgan fingerprint density at radius 2 is 1.72 bits per heavy atom. The van der Waals surface area contributed by atoms with Gasteiger partial charge in [-0.15, -0.1) is 0 Å². The lowest BCUT2D eigenvalue weighted by molar-refractivity contribution is -0.310. The number of aliphatic carboxylic acids is 1. The molecule has 1 heterocycles. The standard InChI is InChI=1S/C13H13NO4/c15-11-6-7-12(16)14(11)10(13(17)18)8-9-4-2-1-3-5-9/h1-5,10H,6-8H2,(H,17,18)/p-1/t10-/m0/s1. The lowest BCUT2D eigenvalue weighted by Crippen LogP contribution is -2.51. The molecule has 5 heteroatoms. The van der Waals surface area contributed by atoms with Crippen LogP contribution in [0.2, 0.25) is 0 Å². The van der Waals surface area contributed by atoms with Gasteiger partial charge in [-0.25, -0.2) is 0 Å². The normalized spacial score (nSPS) is 17.0. The van der Waals surface area contributed by atoms with E-state index in [1.165, 1.54) is 0 Å². The summed E-state index contributed by atoms with van der Waals surface area (Å²) in [6.45, 7) is 0. The minimum atomic E-state index is -1.40. The van der Waals surface area contributed by atoms with Gasteiger partial charge in [0.1, 0.15) is 0 Å². The van der Waals surface area contributed by atoms with Crippen molar-refractivity contribution in [1.82, 2.24) is 4.90 Å². The van der Waals surface area contributed by atoms with Gasteiger partial charge < -0.3 is 9.90 Å². The predicted molar refractivity (Wildman–Crippen MR) is 60.0 cm³/mol. The minimum absolute atomic E-state index is 0.0808. The smallest absolute Gasteiger partial charge is 0.230 e. The fourth-order valence-electron chi connectivity index (χ4n) is 2.06. The van der Waals surface area contributed by atoms with E-state index in [1.807, 2.05) is 6.07 Å². The number of carboxylic acid groups (broad SMARTS) is 1. The molecule has 0 aromatic heterocycles. The number of benzene rings is 1. The SMILES string of the molecule is O=C([O-])[C@H](Cc1ccccc1)N1C(=O)CCC1=O. The summed E-state index contributed by atoms with van der Waals surface area (Å²) in [5.41, 5.74) is 0.749. The molecule has 0 aliphatic carbocycles. The summed E-state index contributed by atoms with van der Waals surface area (Å²) < 4.78 is 0. The maximum atomic E-state index is 11.5. The van der Waals surface area contributed by atoms with Crippen molar-refractivity contribution in [3.63, 3.8) is 0 Å². The highest BCUT2D eigenvalue weighted by molar-refractivity contribution is 6.04. The largest absolute Gasteiger partial charge is 0.548 e. The Morgan fingerprint density at radius 3 is 2.22 bits per heavy atom. The van der Waals surface area contributed by atoms with Crippen molar-refractivity contribution >= 4 is 17.8 Å². The fraction of sp³-hybridized carbons (Fsp3) is 0.308. The van der Waals surface area contributed by atoms with Crippen LogP contribution in [0.5, 0.6) is 0 Å². The van der Waals surface area contributed by atoms with Gasteiger partial charge in [-0.05, 0) is 12.0 Å². The van der Waals surface area contributed by atoms with Crippen LogP contribution in [0.4, 0.5) is 0 Å². The zero-order valence-corrected chi connectivity index (χ0v) is 9.67. The Hall–Kier alpha value is -2.17. The third-order valence-corrected chi connectivity index (χ3v) is 2.95. The molecule has 0 radical (unpaired) electrons. The average Bonchev–Trinajstić information content (AvgIpc) is 2.67. The number of carbonyl (C=O) groups excluding carboxylic acids is 3. The second-order valence-electron chi connectivity index (χ2n) is 4.18. The van der Waals surface area contributed by atoms with Gasteiger partial charge in [0.25, 0.3) is 0 Å². The van der Waals surface area contributed by atoms with Gasteiger partial charge in [0.2, 0.25) is 11.8 Å². The van der Waals surface area contributed by atoms with Gasteiger partial charge in [0.05, 0.1) is 12.0 Å². The van der Waals surface area contributed by atoms with Crippen molar-refractivity contribution in [3.05, 3.63) is 35.9 Å². The van der Waals surface area contributed by atoms with Crippen molar-refractivity contribution in [2.24, 2.45) is 0 Å². The fourth-order valence-corrected chi connectivity index (χ4v) is 2.06. The van der Waals surface area contributed by atoms with Gasteiger partial charge in [-0.2, -0.15) is 0 Å². The van der Waals surface area contributed by atoms with Crippen LogP contribution < -0.4 is 5.11 Å². The molecule has 0 bridgehead atoms. The maximum Gasteiger partial charge on any atom is 0.230 e. The molecule has 1 atom stereocenters. The summed E-state index contributed by atoms with van der Waals surface area (Å²) in [5.74, 6) is -2.28. The van der Waals surface area contributed by atoms with Gasteiger partial charge >= 0.3 is 0 Å². The topological polar surface area (TPSA) is 77.5 Å². The molecule has 1 fully saturated rings. The van der Waals surface area contributed by atoms with Crippen LogP contribution in [-0.2, 0) is 20.8 Å². The Morgan fingerprint density at radius 1 is 1.17 bits per heavy atom. The number of imide groups is 1. The van der Waals surface area contributed by atoms with E-state index in [-0.39, 0.29) is 19.3 Å². The second-order valence-corrected chi connectivity index (χ2v) is 4.18. The highest BCUT2D eigenvalue weighted by atomic mass is 16.4. The van der Waals surface area contributed by atoms with Gasteiger partial charge in [-0.1, -0.05) is 30.3 Å². The number of nitrogens with zero attached hydrogens (tertiary/aromatic N) is 1. The molecular weight excluding hydrogens is 234 g/mol. The zero-order valence-electron chi connectivity index (χ0n) is 9.67. The second kappa shape index (κ2) is 5.00. The third-order valence-electron chi connectivity index (χ3n) is 2.95. The average molecular weight is 246 g/mol. The first-order chi connectivity index (χ1) is 8.59. The molecule has 2 amide bonds. The van der Waals surface area contributed by atoms with Crippen molar-refractivity contribution in [2.75, 3.05) is 0 Å². The first kappa shape index (κ1) is 12.3. The van der Waals surface area contributed by atoms with Crippen LogP contribution in [0.3, 0.4) is 0 Å². The van der Waals surface area contributed by atoms with Crippen LogP contribution in [0.25, 0.3) is 0 Å². The highest BCUT2D eigenvalue weighted by Crippen LogP contribution is 2.18. The number of likely N-dealkylation sites (tertiary alicyclic amines) is 1. The summed E-state index contributed by atoms with van der Waals surface area (Å²) in [7, 11) is 0. The molecule has 0 saturated carbocycles. The summed E-state index contributed by atoms with van der Waals surface area (Å²) in [6.07, 6.45) is 0.245. The van der Waals surface area contributed by atoms with Crippen molar-refractivity contribution in [2.45, 2.75) is 25.3 Å². The molecule has 0 N–H and O–H groups in total. The monoisotopic (exact) mass is 246 g/mol. The van der Waals surface area contributed by atoms with Gasteiger partial charge in [-0.3, -0.25) is 14.5 Å². The zero-order chi connectivity index (χ0) is 13.1. The van der Waals surface area contributed by atoms with E-state index in [2.05, 4.69) is 0 Å². The molecule has 5 nitrogen and oxygen atoms in total. The highest BCUT2D eigenvalue weighted by Gasteiger charge is 2.35. The summed E-state index contributed by atoms with van der Waals surface area (Å²) >= 11 is 0. The number of hydrogen-bond acceptors (Lipinski definition) is 4. The molecule has 0 spiro atoms. The minimum Gasteiger partial charge on any atom is -0.548 e. The maximum absolute atomic E-state index is 11.5. The van der Waals surface area contributed by atoms with Crippen molar-refractivity contribution in [3.8, 4) is 0 Å². The summed E-state index contributed by atoms with van der Waals surface area (Å²) in [6, 6.07) is 7.64. The molecular formula is C13H12NO4-. The molecule has 2 rings (SSSR count). The Kier molecular flexibility index (Phi) is 3.41. The number of rotatable bonds is 4. The van der Waals surface area contributed by atoms with E-state index in [1.54, 1.807) is 24.3 Å². The molecule has 1 saturated heterocycles. The summed E-state index contributed by atoms with van der Waals surface area (Å²) in [5, 5.41) is 11.1. The van der Waals surface area contributed by atoms with Gasteiger partial charge in [0, 0.05) is 12.8 Å². The first-order valence-electron chi connectivity index (χ1n) is 5.69. The van der Waals surface area contributed by atoms with Crippen LogP contribution in [0, 0.1) is 0 Å². The van der Waals surface area contributed by atoms with E-state index >= 15 is 0 Å². The number of amides is 2. The lowest BCUT2D eigenvalue weighted by atomic mass is 10.1. The molecule has 1 aliphatic heterocycles. The lowest BCUT2D eigenvalue weighted by Gasteiger charge is -2.27. The van der Waals surface area contributed by atoms with E-state index < -0.39 is 23.8 Å². The van der Waals surface area contributed by atoms with Crippen LogP contribution in [0.1, 0.15) is 18.4 Å². The Balaban J connectivity index is 2.21. The third kappa shape index (κ3) is 2.40. The molecule has 1 aromatic rings. The van der Waals surface area contributed by atoms with Crippen molar-refractivity contribution in [1.29, 1.82) is 0 Å². The number of carbonyl (C=O) groups is 3. The van der Waals surface area contributed by atoms with Gasteiger partial charge in [0.15, 0.2) is 0 Å².